The van der Waals surface area contributed by atoms with Crippen LogP contribution in [0.1, 0.15) is 6.42 Å². The molecule has 1 atom stereocenters. The minimum atomic E-state index is 0.501. The van der Waals surface area contributed by atoms with Crippen LogP contribution >= 0.6 is 35.0 Å². The summed E-state index contributed by atoms with van der Waals surface area (Å²) in [6.07, 6.45) is 1.28. The van der Waals surface area contributed by atoms with E-state index in [1.54, 1.807) is 12.1 Å². The van der Waals surface area contributed by atoms with Crippen molar-refractivity contribution in [2.75, 3.05) is 29.1 Å². The molecule has 3 N–H and O–H groups in total. The van der Waals surface area contributed by atoms with Gasteiger partial charge in [0.25, 0.3) is 0 Å². The fourth-order valence-corrected chi connectivity index (χ4v) is 3.33. The first-order valence-corrected chi connectivity index (χ1v) is 7.14. The van der Waals surface area contributed by atoms with E-state index in [0.29, 0.717) is 15.7 Å². The van der Waals surface area contributed by atoms with Crippen molar-refractivity contribution < 1.29 is 0 Å². The first-order chi connectivity index (χ1) is 7.66. The predicted molar refractivity (Wildman–Crippen MR) is 74.8 cm³/mol. The number of rotatable bonds is 3. The van der Waals surface area contributed by atoms with E-state index < -0.39 is 0 Å². The van der Waals surface area contributed by atoms with Crippen molar-refractivity contribution in [1.82, 2.24) is 0 Å². The van der Waals surface area contributed by atoms with Gasteiger partial charge in [0.05, 0.1) is 21.4 Å². The molecule has 0 spiro atoms. The number of benzene rings is 1. The molecule has 0 aromatic heterocycles. The number of hydrogen-bond acceptors (Lipinski definition) is 3. The average molecular weight is 277 g/mol. The van der Waals surface area contributed by atoms with Gasteiger partial charge in [-0.15, -0.1) is 0 Å². The molecular weight excluding hydrogens is 263 g/mol. The second kappa shape index (κ2) is 5.39. The Morgan fingerprint density at radius 3 is 2.81 bits per heavy atom. The maximum absolute atomic E-state index is 5.95. The third-order valence-corrected chi connectivity index (χ3v) is 4.65. The molecule has 0 aliphatic carbocycles. The maximum atomic E-state index is 5.95. The molecule has 1 unspecified atom stereocenters. The molecule has 0 radical (unpaired) electrons. The van der Waals surface area contributed by atoms with Crippen LogP contribution in [-0.2, 0) is 0 Å². The Hall–Kier alpha value is -0.250. The van der Waals surface area contributed by atoms with Gasteiger partial charge in [0.2, 0.25) is 0 Å². The van der Waals surface area contributed by atoms with Crippen LogP contribution in [-0.4, -0.2) is 18.1 Å². The summed E-state index contributed by atoms with van der Waals surface area (Å²) in [5.74, 6) is 3.23. The van der Waals surface area contributed by atoms with Crippen LogP contribution in [0.2, 0.25) is 10.0 Å². The van der Waals surface area contributed by atoms with E-state index in [2.05, 4.69) is 5.32 Å². The standard InChI is InChI=1S/C11H14Cl2N2S/c12-8-3-10(14)11(4-9(8)13)15-5-7-1-2-16-6-7/h3-4,7,15H,1-2,5-6,14H2. The van der Waals surface area contributed by atoms with E-state index in [4.69, 9.17) is 28.9 Å². The third kappa shape index (κ3) is 2.90. The summed E-state index contributed by atoms with van der Waals surface area (Å²) in [4.78, 5) is 0. The highest BCUT2D eigenvalue weighted by atomic mass is 35.5. The molecule has 2 rings (SSSR count). The SMILES string of the molecule is Nc1cc(Cl)c(Cl)cc1NCC1CCSC1. The number of nitrogen functional groups attached to an aromatic ring is 1. The molecule has 88 valence electrons. The molecule has 2 nitrogen and oxygen atoms in total. The number of nitrogens with one attached hydrogen (secondary N) is 1. The Balaban J connectivity index is 2.00. The van der Waals surface area contributed by atoms with Crippen LogP contribution in [0.3, 0.4) is 0 Å². The summed E-state index contributed by atoms with van der Waals surface area (Å²) >= 11 is 13.8. The highest BCUT2D eigenvalue weighted by Crippen LogP contribution is 2.31. The molecule has 5 heteroatoms. The van der Waals surface area contributed by atoms with Crippen molar-refractivity contribution in [2.24, 2.45) is 5.92 Å². The summed E-state index contributed by atoms with van der Waals surface area (Å²) in [7, 11) is 0. The molecule has 0 bridgehead atoms. The largest absolute Gasteiger partial charge is 0.397 e. The molecule has 0 amide bonds. The van der Waals surface area contributed by atoms with Gasteiger partial charge in [-0.05, 0) is 36.0 Å². The Kier molecular flexibility index (Phi) is 4.11. The van der Waals surface area contributed by atoms with Gasteiger partial charge in [-0.2, -0.15) is 11.8 Å². The van der Waals surface area contributed by atoms with Gasteiger partial charge >= 0.3 is 0 Å². The molecule has 1 saturated heterocycles. The zero-order valence-electron chi connectivity index (χ0n) is 8.80. The highest BCUT2D eigenvalue weighted by Gasteiger charge is 2.15. The fraction of sp³-hybridized carbons (Fsp3) is 0.455. The first kappa shape index (κ1) is 12.2. The Morgan fingerprint density at radius 1 is 1.38 bits per heavy atom. The van der Waals surface area contributed by atoms with E-state index in [9.17, 15) is 0 Å². The van der Waals surface area contributed by atoms with Crippen molar-refractivity contribution >= 4 is 46.3 Å². The van der Waals surface area contributed by atoms with Gasteiger partial charge < -0.3 is 11.1 Å². The second-order valence-electron chi connectivity index (χ2n) is 3.96. The van der Waals surface area contributed by atoms with Crippen LogP contribution in [0, 0.1) is 5.92 Å². The Labute approximate surface area is 110 Å². The van der Waals surface area contributed by atoms with Crippen molar-refractivity contribution in [2.45, 2.75) is 6.42 Å². The molecule has 16 heavy (non-hydrogen) atoms. The molecule has 1 heterocycles. The molecule has 1 aliphatic rings. The fourth-order valence-electron chi connectivity index (χ4n) is 1.71. The summed E-state index contributed by atoms with van der Waals surface area (Å²) in [6, 6.07) is 3.48. The van der Waals surface area contributed by atoms with Crippen LogP contribution in [0.4, 0.5) is 11.4 Å². The van der Waals surface area contributed by atoms with E-state index in [1.807, 2.05) is 11.8 Å². The summed E-state index contributed by atoms with van der Waals surface area (Å²) in [6.45, 7) is 0.954. The topological polar surface area (TPSA) is 38.0 Å². The van der Waals surface area contributed by atoms with Crippen molar-refractivity contribution in [3.05, 3.63) is 22.2 Å². The number of hydrogen-bond donors (Lipinski definition) is 2. The number of halogens is 2. The van der Waals surface area contributed by atoms with Crippen LogP contribution in [0.5, 0.6) is 0 Å². The van der Waals surface area contributed by atoms with E-state index >= 15 is 0 Å². The van der Waals surface area contributed by atoms with Crippen molar-refractivity contribution in [3.8, 4) is 0 Å². The number of thioether (sulfide) groups is 1. The highest BCUT2D eigenvalue weighted by molar-refractivity contribution is 7.99. The van der Waals surface area contributed by atoms with E-state index in [1.165, 1.54) is 17.9 Å². The minimum Gasteiger partial charge on any atom is -0.397 e. The predicted octanol–water partition coefficient (Wildman–Crippen LogP) is 3.74. The van der Waals surface area contributed by atoms with Crippen LogP contribution in [0.15, 0.2) is 12.1 Å². The third-order valence-electron chi connectivity index (χ3n) is 2.70. The lowest BCUT2D eigenvalue weighted by molar-refractivity contribution is 0.632. The van der Waals surface area contributed by atoms with Gasteiger partial charge in [-0.25, -0.2) is 0 Å². The molecule has 1 fully saturated rings. The van der Waals surface area contributed by atoms with Crippen molar-refractivity contribution in [3.63, 3.8) is 0 Å². The van der Waals surface area contributed by atoms with Gasteiger partial charge in [-0.3, -0.25) is 0 Å². The quantitative estimate of drug-likeness (QED) is 0.826. The Morgan fingerprint density at radius 2 is 2.12 bits per heavy atom. The van der Waals surface area contributed by atoms with Gasteiger partial charge in [0, 0.05) is 6.54 Å². The summed E-state index contributed by atoms with van der Waals surface area (Å²) < 4.78 is 0. The first-order valence-electron chi connectivity index (χ1n) is 5.23. The molecular formula is C11H14Cl2N2S. The Bertz CT molecular complexity index is 378. The average Bonchev–Trinajstić information content (AvgIpc) is 2.74. The lowest BCUT2D eigenvalue weighted by atomic mass is 10.1. The number of anilines is 2. The lowest BCUT2D eigenvalue weighted by Gasteiger charge is -2.13. The van der Waals surface area contributed by atoms with Gasteiger partial charge in [0.1, 0.15) is 0 Å². The maximum Gasteiger partial charge on any atom is 0.0614 e. The second-order valence-corrected chi connectivity index (χ2v) is 5.93. The smallest absolute Gasteiger partial charge is 0.0614 e. The van der Waals surface area contributed by atoms with Gasteiger partial charge in [-0.1, -0.05) is 23.2 Å². The zero-order chi connectivity index (χ0) is 11.5. The normalized spacial score (nSPS) is 20.0. The molecule has 1 aromatic rings. The van der Waals surface area contributed by atoms with Crippen molar-refractivity contribution in [1.29, 1.82) is 0 Å². The summed E-state index contributed by atoms with van der Waals surface area (Å²) in [5.41, 5.74) is 7.40. The summed E-state index contributed by atoms with van der Waals surface area (Å²) in [5, 5.41) is 4.38. The monoisotopic (exact) mass is 276 g/mol. The lowest BCUT2D eigenvalue weighted by Crippen LogP contribution is -2.14. The molecule has 1 aliphatic heterocycles. The van der Waals surface area contributed by atoms with E-state index in [0.717, 1.165) is 18.2 Å². The zero-order valence-corrected chi connectivity index (χ0v) is 11.1. The molecule has 0 saturated carbocycles. The molecule has 1 aromatic carbocycles. The minimum absolute atomic E-state index is 0.501. The van der Waals surface area contributed by atoms with E-state index in [-0.39, 0.29) is 0 Å². The number of nitrogens with two attached hydrogens (primary N) is 1. The van der Waals surface area contributed by atoms with Gasteiger partial charge in [0.15, 0.2) is 0 Å². The van der Waals surface area contributed by atoms with Crippen LogP contribution in [0.25, 0.3) is 0 Å². The van der Waals surface area contributed by atoms with Crippen LogP contribution < -0.4 is 11.1 Å².